The first-order valence-corrected chi connectivity index (χ1v) is 7.68. The van der Waals surface area contributed by atoms with E-state index in [1.165, 1.54) is 16.4 Å². The molecule has 0 amide bonds. The van der Waals surface area contributed by atoms with Gasteiger partial charge in [0, 0.05) is 32.7 Å². The SMILES string of the molecule is NS(=O)(=O)N1CCN(Cc2ccc(Cl)c(F)c2)CC1. The van der Waals surface area contributed by atoms with Crippen molar-refractivity contribution in [3.63, 3.8) is 0 Å². The van der Waals surface area contributed by atoms with E-state index < -0.39 is 16.0 Å². The zero-order chi connectivity index (χ0) is 14.0. The van der Waals surface area contributed by atoms with Gasteiger partial charge in [0.15, 0.2) is 0 Å². The first-order valence-electron chi connectivity index (χ1n) is 5.80. The minimum atomic E-state index is -3.61. The monoisotopic (exact) mass is 307 g/mol. The van der Waals surface area contributed by atoms with Gasteiger partial charge in [-0.15, -0.1) is 0 Å². The van der Waals surface area contributed by atoms with Crippen molar-refractivity contribution in [2.24, 2.45) is 5.14 Å². The Balaban J connectivity index is 1.94. The van der Waals surface area contributed by atoms with Crippen molar-refractivity contribution in [2.75, 3.05) is 26.2 Å². The van der Waals surface area contributed by atoms with E-state index in [1.54, 1.807) is 6.07 Å². The fourth-order valence-electron chi connectivity index (χ4n) is 2.04. The largest absolute Gasteiger partial charge is 0.296 e. The second-order valence-electron chi connectivity index (χ2n) is 4.47. The zero-order valence-corrected chi connectivity index (χ0v) is 11.8. The van der Waals surface area contributed by atoms with Gasteiger partial charge in [0.05, 0.1) is 5.02 Å². The Kier molecular flexibility index (Phi) is 4.42. The highest BCUT2D eigenvalue weighted by molar-refractivity contribution is 7.86. The smallest absolute Gasteiger partial charge is 0.276 e. The van der Waals surface area contributed by atoms with Crippen LogP contribution in [-0.2, 0) is 16.8 Å². The molecule has 1 aliphatic heterocycles. The average Bonchev–Trinajstić information content (AvgIpc) is 2.33. The molecule has 1 aromatic rings. The van der Waals surface area contributed by atoms with Crippen molar-refractivity contribution < 1.29 is 12.8 Å². The zero-order valence-electron chi connectivity index (χ0n) is 10.2. The minimum absolute atomic E-state index is 0.0998. The van der Waals surface area contributed by atoms with Crippen LogP contribution in [0.25, 0.3) is 0 Å². The topological polar surface area (TPSA) is 66.6 Å². The predicted molar refractivity (Wildman–Crippen MR) is 71.4 cm³/mol. The van der Waals surface area contributed by atoms with E-state index in [2.05, 4.69) is 0 Å². The molecule has 106 valence electrons. The highest BCUT2D eigenvalue weighted by Gasteiger charge is 2.23. The summed E-state index contributed by atoms with van der Waals surface area (Å²) in [5.41, 5.74) is 0.811. The molecule has 0 radical (unpaired) electrons. The lowest BCUT2D eigenvalue weighted by Gasteiger charge is -2.32. The lowest BCUT2D eigenvalue weighted by molar-refractivity contribution is 0.181. The summed E-state index contributed by atoms with van der Waals surface area (Å²) in [5.74, 6) is -0.442. The fraction of sp³-hybridized carbons (Fsp3) is 0.455. The molecule has 2 rings (SSSR count). The molecule has 19 heavy (non-hydrogen) atoms. The van der Waals surface area contributed by atoms with Gasteiger partial charge in [0.1, 0.15) is 5.82 Å². The maximum absolute atomic E-state index is 13.3. The molecule has 1 heterocycles. The second-order valence-corrected chi connectivity index (χ2v) is 6.42. The van der Waals surface area contributed by atoms with Crippen LogP contribution < -0.4 is 5.14 Å². The molecular weight excluding hydrogens is 293 g/mol. The lowest BCUT2D eigenvalue weighted by atomic mass is 10.2. The molecule has 5 nitrogen and oxygen atoms in total. The van der Waals surface area contributed by atoms with Crippen LogP contribution in [0.15, 0.2) is 18.2 Å². The van der Waals surface area contributed by atoms with Crippen LogP contribution in [0.5, 0.6) is 0 Å². The number of hydrogen-bond acceptors (Lipinski definition) is 3. The van der Waals surface area contributed by atoms with Gasteiger partial charge in [0.25, 0.3) is 10.2 Å². The Bertz CT molecular complexity index is 559. The molecule has 0 saturated carbocycles. The highest BCUT2D eigenvalue weighted by Crippen LogP contribution is 2.17. The van der Waals surface area contributed by atoms with Gasteiger partial charge >= 0.3 is 0 Å². The summed E-state index contributed by atoms with van der Waals surface area (Å²) in [6.07, 6.45) is 0. The first kappa shape index (κ1) is 14.7. The molecule has 0 spiro atoms. The third-order valence-electron chi connectivity index (χ3n) is 3.08. The number of nitrogens with zero attached hydrogens (tertiary/aromatic N) is 2. The molecule has 1 fully saturated rings. The van der Waals surface area contributed by atoms with Crippen LogP contribution in [0.1, 0.15) is 5.56 Å². The van der Waals surface area contributed by atoms with E-state index in [-0.39, 0.29) is 5.02 Å². The minimum Gasteiger partial charge on any atom is -0.296 e. The summed E-state index contributed by atoms with van der Waals surface area (Å²) >= 11 is 5.62. The van der Waals surface area contributed by atoms with Crippen molar-refractivity contribution in [2.45, 2.75) is 6.54 Å². The Hall–Kier alpha value is -0.730. The fourth-order valence-corrected chi connectivity index (χ4v) is 2.83. The Morgan fingerprint density at radius 2 is 1.89 bits per heavy atom. The summed E-state index contributed by atoms with van der Waals surface area (Å²) in [6, 6.07) is 4.68. The Morgan fingerprint density at radius 1 is 1.26 bits per heavy atom. The van der Waals surface area contributed by atoms with Gasteiger partial charge < -0.3 is 0 Å². The average molecular weight is 308 g/mol. The van der Waals surface area contributed by atoms with E-state index in [1.807, 2.05) is 4.90 Å². The van der Waals surface area contributed by atoms with E-state index in [9.17, 15) is 12.8 Å². The van der Waals surface area contributed by atoms with Crippen LogP contribution in [0.3, 0.4) is 0 Å². The van der Waals surface area contributed by atoms with Crippen molar-refractivity contribution in [3.8, 4) is 0 Å². The number of halogens is 2. The summed E-state index contributed by atoms with van der Waals surface area (Å²) in [6.45, 7) is 2.41. The van der Waals surface area contributed by atoms with Crippen molar-refractivity contribution >= 4 is 21.8 Å². The number of benzene rings is 1. The Morgan fingerprint density at radius 3 is 2.42 bits per heavy atom. The normalized spacial score (nSPS) is 18.7. The van der Waals surface area contributed by atoms with Crippen LogP contribution in [-0.4, -0.2) is 43.8 Å². The number of piperazine rings is 1. The molecule has 1 aromatic carbocycles. The number of nitrogens with two attached hydrogens (primary N) is 1. The van der Waals surface area contributed by atoms with Crippen LogP contribution in [0.4, 0.5) is 4.39 Å². The molecule has 0 aliphatic carbocycles. The maximum atomic E-state index is 13.3. The molecule has 0 unspecified atom stereocenters. The van der Waals surface area contributed by atoms with Gasteiger partial charge in [-0.2, -0.15) is 12.7 Å². The quantitative estimate of drug-likeness (QED) is 0.898. The van der Waals surface area contributed by atoms with Gasteiger partial charge in [-0.05, 0) is 17.7 Å². The third-order valence-corrected chi connectivity index (χ3v) is 4.47. The molecule has 8 heteroatoms. The predicted octanol–water partition coefficient (Wildman–Crippen LogP) is 0.800. The molecule has 1 saturated heterocycles. The highest BCUT2D eigenvalue weighted by atomic mass is 35.5. The summed E-state index contributed by atoms with van der Waals surface area (Å²) in [7, 11) is -3.61. The summed E-state index contributed by atoms with van der Waals surface area (Å²) < 4.78 is 36.8. The number of rotatable bonds is 3. The van der Waals surface area contributed by atoms with Crippen LogP contribution in [0, 0.1) is 5.82 Å². The Labute approximate surface area is 116 Å². The lowest BCUT2D eigenvalue weighted by Crippen LogP contribution is -2.50. The molecule has 1 aliphatic rings. The molecular formula is C11H15ClFN3O2S. The molecule has 0 bridgehead atoms. The van der Waals surface area contributed by atoms with Gasteiger partial charge in [0.2, 0.25) is 0 Å². The first-order chi connectivity index (χ1) is 8.86. The van der Waals surface area contributed by atoms with Crippen LogP contribution >= 0.6 is 11.6 Å². The van der Waals surface area contributed by atoms with Gasteiger partial charge in [-0.3, -0.25) is 4.90 Å². The third kappa shape index (κ3) is 3.87. The van der Waals surface area contributed by atoms with E-state index in [0.717, 1.165) is 5.56 Å². The van der Waals surface area contributed by atoms with Crippen LogP contribution in [0.2, 0.25) is 5.02 Å². The summed E-state index contributed by atoms with van der Waals surface area (Å²) in [4.78, 5) is 2.05. The van der Waals surface area contributed by atoms with Gasteiger partial charge in [-0.25, -0.2) is 9.53 Å². The van der Waals surface area contributed by atoms with Crippen molar-refractivity contribution in [3.05, 3.63) is 34.6 Å². The number of hydrogen-bond donors (Lipinski definition) is 1. The van der Waals surface area contributed by atoms with Gasteiger partial charge in [-0.1, -0.05) is 17.7 Å². The van der Waals surface area contributed by atoms with E-state index in [4.69, 9.17) is 16.7 Å². The molecule has 0 aromatic heterocycles. The van der Waals surface area contributed by atoms with E-state index >= 15 is 0 Å². The van der Waals surface area contributed by atoms with Crippen molar-refractivity contribution in [1.82, 2.24) is 9.21 Å². The maximum Gasteiger partial charge on any atom is 0.276 e. The summed E-state index contributed by atoms with van der Waals surface area (Å²) in [5, 5.41) is 5.16. The molecule has 2 N–H and O–H groups in total. The second kappa shape index (κ2) is 5.72. The van der Waals surface area contributed by atoms with Crippen molar-refractivity contribution in [1.29, 1.82) is 0 Å². The molecule has 0 atom stereocenters. The standard InChI is InChI=1S/C11H15ClFN3O2S/c12-10-2-1-9(7-11(10)13)8-15-3-5-16(6-4-15)19(14,17)18/h1-2,7H,3-6,8H2,(H2,14,17,18). The van der Waals surface area contributed by atoms with E-state index in [0.29, 0.717) is 32.7 Å².